The standard InChI is InChI=1S/C23H30N2O6/c26-19(17-30-20-4-2-1-3-5-20)16-24-10-13-29-21-6-8-22(9-7-21)31-18-23(27)25-11-14-28-15-12-25/h1-9,19,24,26H,10-18H2. The zero-order chi connectivity index (χ0) is 21.7. The minimum Gasteiger partial charge on any atom is -0.492 e. The van der Waals surface area contributed by atoms with Crippen molar-refractivity contribution in [2.24, 2.45) is 0 Å². The number of rotatable bonds is 12. The van der Waals surface area contributed by atoms with Crippen molar-refractivity contribution in [3.05, 3.63) is 54.6 Å². The highest BCUT2D eigenvalue weighted by Gasteiger charge is 2.17. The van der Waals surface area contributed by atoms with Gasteiger partial charge in [0.2, 0.25) is 0 Å². The van der Waals surface area contributed by atoms with E-state index < -0.39 is 6.10 Å². The molecule has 1 saturated heterocycles. The molecule has 8 heteroatoms. The third-order valence-corrected chi connectivity index (χ3v) is 4.66. The lowest BCUT2D eigenvalue weighted by Crippen LogP contribution is -2.42. The highest BCUT2D eigenvalue weighted by atomic mass is 16.5. The van der Waals surface area contributed by atoms with Gasteiger partial charge in [-0.25, -0.2) is 0 Å². The third-order valence-electron chi connectivity index (χ3n) is 4.66. The summed E-state index contributed by atoms with van der Waals surface area (Å²) in [5.41, 5.74) is 0. The van der Waals surface area contributed by atoms with Crippen molar-refractivity contribution < 1.29 is 28.8 Å². The number of nitrogens with zero attached hydrogens (tertiary/aromatic N) is 1. The average molecular weight is 431 g/mol. The maximum absolute atomic E-state index is 12.1. The van der Waals surface area contributed by atoms with E-state index in [0.717, 1.165) is 5.75 Å². The molecule has 0 aliphatic carbocycles. The molecule has 1 aliphatic rings. The molecule has 1 aliphatic heterocycles. The fourth-order valence-corrected chi connectivity index (χ4v) is 2.96. The van der Waals surface area contributed by atoms with Crippen molar-refractivity contribution in [2.75, 3.05) is 59.2 Å². The summed E-state index contributed by atoms with van der Waals surface area (Å²) in [7, 11) is 0. The molecule has 0 saturated carbocycles. The highest BCUT2D eigenvalue weighted by Crippen LogP contribution is 2.17. The Morgan fingerprint density at radius 2 is 1.61 bits per heavy atom. The van der Waals surface area contributed by atoms with Crippen LogP contribution in [0.4, 0.5) is 0 Å². The van der Waals surface area contributed by atoms with Gasteiger partial charge in [0.1, 0.15) is 36.6 Å². The molecule has 1 heterocycles. The van der Waals surface area contributed by atoms with Gasteiger partial charge in [-0.3, -0.25) is 4.79 Å². The lowest BCUT2D eigenvalue weighted by molar-refractivity contribution is -0.137. The number of benzene rings is 2. The Morgan fingerprint density at radius 1 is 0.968 bits per heavy atom. The molecule has 1 amide bonds. The Kier molecular flexibility index (Phi) is 9.43. The molecule has 0 radical (unpaired) electrons. The SMILES string of the molecule is O=C(COc1ccc(OCCNCC(O)COc2ccccc2)cc1)N1CCOCC1. The molecule has 31 heavy (non-hydrogen) atoms. The topological polar surface area (TPSA) is 89.5 Å². The summed E-state index contributed by atoms with van der Waals surface area (Å²) in [6.07, 6.45) is -0.600. The Labute approximate surface area is 182 Å². The van der Waals surface area contributed by atoms with Gasteiger partial charge >= 0.3 is 0 Å². The van der Waals surface area contributed by atoms with E-state index in [4.69, 9.17) is 18.9 Å². The number of para-hydroxylation sites is 1. The van der Waals surface area contributed by atoms with E-state index in [2.05, 4.69) is 5.32 Å². The van der Waals surface area contributed by atoms with E-state index in [9.17, 15) is 9.90 Å². The number of carbonyl (C=O) groups excluding carboxylic acids is 1. The van der Waals surface area contributed by atoms with E-state index in [1.807, 2.05) is 30.3 Å². The molecule has 1 fully saturated rings. The normalized spacial score (nSPS) is 14.7. The number of ether oxygens (including phenoxy) is 4. The number of hydrogen-bond donors (Lipinski definition) is 2. The van der Waals surface area contributed by atoms with Gasteiger partial charge in [0.05, 0.1) is 13.2 Å². The van der Waals surface area contributed by atoms with Crippen LogP contribution in [0.15, 0.2) is 54.6 Å². The number of carbonyl (C=O) groups is 1. The molecule has 1 atom stereocenters. The van der Waals surface area contributed by atoms with Crippen molar-refractivity contribution in [2.45, 2.75) is 6.10 Å². The first kappa shape index (κ1) is 22.9. The van der Waals surface area contributed by atoms with E-state index >= 15 is 0 Å². The zero-order valence-corrected chi connectivity index (χ0v) is 17.6. The van der Waals surface area contributed by atoms with Crippen LogP contribution in [-0.2, 0) is 9.53 Å². The Hall–Kier alpha value is -2.81. The zero-order valence-electron chi connectivity index (χ0n) is 17.6. The molecule has 2 N–H and O–H groups in total. The van der Waals surface area contributed by atoms with Gasteiger partial charge in [-0.1, -0.05) is 18.2 Å². The molecule has 0 aromatic heterocycles. The Morgan fingerprint density at radius 3 is 2.32 bits per heavy atom. The summed E-state index contributed by atoms with van der Waals surface area (Å²) in [6, 6.07) is 16.6. The van der Waals surface area contributed by atoms with E-state index in [-0.39, 0.29) is 19.1 Å². The van der Waals surface area contributed by atoms with Gasteiger partial charge in [0, 0.05) is 26.2 Å². The number of amides is 1. The minimum atomic E-state index is -0.600. The number of hydrogen-bond acceptors (Lipinski definition) is 7. The summed E-state index contributed by atoms with van der Waals surface area (Å²) in [6.45, 7) is 4.09. The predicted molar refractivity (Wildman–Crippen MR) is 116 cm³/mol. The number of morpholine rings is 1. The molecule has 0 spiro atoms. The summed E-state index contributed by atoms with van der Waals surface area (Å²) in [4.78, 5) is 13.8. The lowest BCUT2D eigenvalue weighted by atomic mass is 10.3. The first-order valence-electron chi connectivity index (χ1n) is 10.5. The lowest BCUT2D eigenvalue weighted by Gasteiger charge is -2.26. The van der Waals surface area contributed by atoms with Crippen LogP contribution in [0.2, 0.25) is 0 Å². The monoisotopic (exact) mass is 430 g/mol. The fraction of sp³-hybridized carbons (Fsp3) is 0.435. The van der Waals surface area contributed by atoms with Crippen molar-refractivity contribution in [3.8, 4) is 17.2 Å². The van der Waals surface area contributed by atoms with Crippen LogP contribution in [0.1, 0.15) is 0 Å². The molecule has 168 valence electrons. The largest absolute Gasteiger partial charge is 0.492 e. The Bertz CT molecular complexity index is 765. The van der Waals surface area contributed by atoms with E-state index in [1.165, 1.54) is 0 Å². The van der Waals surface area contributed by atoms with Crippen LogP contribution in [0.25, 0.3) is 0 Å². The van der Waals surface area contributed by atoms with Crippen molar-refractivity contribution in [1.82, 2.24) is 10.2 Å². The molecule has 1 unspecified atom stereocenters. The molecule has 2 aromatic rings. The van der Waals surface area contributed by atoms with Crippen LogP contribution in [-0.4, -0.2) is 81.2 Å². The number of aliphatic hydroxyl groups is 1. The van der Waals surface area contributed by atoms with Crippen LogP contribution in [0.3, 0.4) is 0 Å². The van der Waals surface area contributed by atoms with Crippen LogP contribution in [0.5, 0.6) is 17.2 Å². The smallest absolute Gasteiger partial charge is 0.260 e. The summed E-state index contributed by atoms with van der Waals surface area (Å²) < 4.78 is 22.0. The van der Waals surface area contributed by atoms with Crippen LogP contribution in [0, 0.1) is 0 Å². The predicted octanol–water partition coefficient (Wildman–Crippen LogP) is 1.33. The average Bonchev–Trinajstić information content (AvgIpc) is 2.83. The first-order chi connectivity index (χ1) is 15.2. The maximum Gasteiger partial charge on any atom is 0.260 e. The molecule has 3 rings (SSSR count). The van der Waals surface area contributed by atoms with Crippen molar-refractivity contribution >= 4 is 5.91 Å². The molecule has 8 nitrogen and oxygen atoms in total. The highest BCUT2D eigenvalue weighted by molar-refractivity contribution is 5.77. The van der Waals surface area contributed by atoms with Gasteiger partial charge in [-0.15, -0.1) is 0 Å². The van der Waals surface area contributed by atoms with E-state index in [0.29, 0.717) is 57.5 Å². The number of nitrogens with one attached hydrogen (secondary N) is 1. The summed E-state index contributed by atoms with van der Waals surface area (Å²) >= 11 is 0. The molecular weight excluding hydrogens is 400 g/mol. The van der Waals surface area contributed by atoms with Gasteiger partial charge in [0.25, 0.3) is 5.91 Å². The summed E-state index contributed by atoms with van der Waals surface area (Å²) in [5.74, 6) is 2.03. The minimum absolute atomic E-state index is 0.0143. The van der Waals surface area contributed by atoms with Crippen molar-refractivity contribution in [1.29, 1.82) is 0 Å². The summed E-state index contributed by atoms with van der Waals surface area (Å²) in [5, 5.41) is 13.1. The van der Waals surface area contributed by atoms with E-state index in [1.54, 1.807) is 29.2 Å². The van der Waals surface area contributed by atoms with Crippen molar-refractivity contribution in [3.63, 3.8) is 0 Å². The number of aliphatic hydroxyl groups excluding tert-OH is 1. The maximum atomic E-state index is 12.1. The van der Waals surface area contributed by atoms with Gasteiger partial charge < -0.3 is 34.3 Å². The third kappa shape index (κ3) is 8.45. The van der Waals surface area contributed by atoms with Crippen LogP contribution < -0.4 is 19.5 Å². The second-order valence-corrected chi connectivity index (χ2v) is 7.08. The quantitative estimate of drug-likeness (QED) is 0.491. The van der Waals surface area contributed by atoms with Gasteiger partial charge in [-0.2, -0.15) is 0 Å². The second kappa shape index (κ2) is 12.8. The Balaban J connectivity index is 1.25. The second-order valence-electron chi connectivity index (χ2n) is 7.08. The van der Waals surface area contributed by atoms with Crippen LogP contribution >= 0.6 is 0 Å². The fourth-order valence-electron chi connectivity index (χ4n) is 2.96. The molecule has 0 bridgehead atoms. The first-order valence-corrected chi connectivity index (χ1v) is 10.5. The molecule has 2 aromatic carbocycles. The van der Waals surface area contributed by atoms with Gasteiger partial charge in [-0.05, 0) is 36.4 Å². The van der Waals surface area contributed by atoms with Gasteiger partial charge in [0.15, 0.2) is 6.61 Å². The molecular formula is C23H30N2O6.